The van der Waals surface area contributed by atoms with Gasteiger partial charge in [-0.2, -0.15) is 13.2 Å². The predicted molar refractivity (Wildman–Crippen MR) is 69.6 cm³/mol. The van der Waals surface area contributed by atoms with Gasteiger partial charge in [-0.05, 0) is 30.2 Å². The molecule has 0 aliphatic heterocycles. The third-order valence-corrected chi connectivity index (χ3v) is 2.83. The van der Waals surface area contributed by atoms with Gasteiger partial charge in [-0.1, -0.05) is 41.8 Å². The molecule has 2 rings (SSSR count). The molecule has 96 valence electrons. The quantitative estimate of drug-likeness (QED) is 0.654. The molecule has 0 spiro atoms. The standard InChI is InChI=1S/C16H11F3/c1-3-12-7-8-14(10-15(12)16(17,18)19)13-6-4-5-11(2)9-13/h1,4-10H,2H3. The Morgan fingerprint density at radius 1 is 1.00 bits per heavy atom. The normalized spacial score (nSPS) is 11.1. The van der Waals surface area contributed by atoms with E-state index in [1.54, 1.807) is 12.1 Å². The molecule has 0 nitrogen and oxygen atoms in total. The van der Waals surface area contributed by atoms with Crippen molar-refractivity contribution in [2.24, 2.45) is 0 Å². The second-order valence-electron chi connectivity index (χ2n) is 4.27. The van der Waals surface area contributed by atoms with Crippen LogP contribution >= 0.6 is 0 Å². The molecule has 0 saturated carbocycles. The Bertz CT molecular complexity index is 646. The van der Waals surface area contributed by atoms with Crippen molar-refractivity contribution in [1.29, 1.82) is 0 Å². The van der Waals surface area contributed by atoms with Crippen LogP contribution in [-0.2, 0) is 6.18 Å². The number of benzene rings is 2. The SMILES string of the molecule is C#Cc1ccc(-c2cccc(C)c2)cc1C(F)(F)F. The second-order valence-corrected chi connectivity index (χ2v) is 4.27. The van der Waals surface area contributed by atoms with E-state index < -0.39 is 11.7 Å². The molecule has 0 bridgehead atoms. The number of halogens is 3. The number of aryl methyl sites for hydroxylation is 1. The zero-order valence-corrected chi connectivity index (χ0v) is 10.3. The van der Waals surface area contributed by atoms with E-state index in [0.29, 0.717) is 5.56 Å². The van der Waals surface area contributed by atoms with Crippen molar-refractivity contribution in [3.05, 3.63) is 59.2 Å². The minimum absolute atomic E-state index is 0.135. The van der Waals surface area contributed by atoms with Gasteiger partial charge in [-0.25, -0.2) is 0 Å². The summed E-state index contributed by atoms with van der Waals surface area (Å²) in [6.45, 7) is 1.89. The molecule has 2 aromatic rings. The molecule has 3 heteroatoms. The highest BCUT2D eigenvalue weighted by Crippen LogP contribution is 2.34. The van der Waals surface area contributed by atoms with E-state index in [1.165, 1.54) is 6.07 Å². The van der Waals surface area contributed by atoms with Gasteiger partial charge >= 0.3 is 6.18 Å². The molecule has 0 radical (unpaired) electrons. The Balaban J connectivity index is 2.59. The smallest absolute Gasteiger partial charge is 0.166 e. The highest BCUT2D eigenvalue weighted by molar-refractivity contribution is 5.67. The van der Waals surface area contributed by atoms with Crippen LogP contribution in [0.4, 0.5) is 13.2 Å². The Kier molecular flexibility index (Phi) is 3.35. The third kappa shape index (κ3) is 2.79. The first-order chi connectivity index (χ1) is 8.91. The lowest BCUT2D eigenvalue weighted by Gasteiger charge is -2.12. The molecule has 0 aromatic heterocycles. The summed E-state index contributed by atoms with van der Waals surface area (Å²) in [5.41, 5.74) is 1.34. The molecule has 0 aliphatic carbocycles. The van der Waals surface area contributed by atoms with Gasteiger partial charge in [0.15, 0.2) is 0 Å². The molecular formula is C16H11F3. The fourth-order valence-electron chi connectivity index (χ4n) is 1.91. The Labute approximate surface area is 109 Å². The maximum absolute atomic E-state index is 12.9. The van der Waals surface area contributed by atoms with Gasteiger partial charge in [0.1, 0.15) is 0 Å². The summed E-state index contributed by atoms with van der Waals surface area (Å²) in [5.74, 6) is 2.07. The Morgan fingerprint density at radius 2 is 1.68 bits per heavy atom. The molecule has 19 heavy (non-hydrogen) atoms. The Morgan fingerprint density at radius 3 is 2.26 bits per heavy atom. The van der Waals surface area contributed by atoms with Crippen LogP contribution in [0.2, 0.25) is 0 Å². The van der Waals surface area contributed by atoms with Gasteiger partial charge in [-0.3, -0.25) is 0 Å². The first-order valence-electron chi connectivity index (χ1n) is 5.67. The summed E-state index contributed by atoms with van der Waals surface area (Å²) in [6, 6.07) is 11.4. The zero-order chi connectivity index (χ0) is 14.0. The predicted octanol–water partition coefficient (Wildman–Crippen LogP) is 4.66. The maximum atomic E-state index is 12.9. The van der Waals surface area contributed by atoms with E-state index in [1.807, 2.05) is 25.1 Å². The minimum atomic E-state index is -4.44. The van der Waals surface area contributed by atoms with E-state index in [-0.39, 0.29) is 5.56 Å². The van der Waals surface area contributed by atoms with Crippen LogP contribution in [0.25, 0.3) is 11.1 Å². The van der Waals surface area contributed by atoms with Crippen LogP contribution in [0.1, 0.15) is 16.7 Å². The number of terminal acetylenes is 1. The molecule has 0 saturated heterocycles. The lowest BCUT2D eigenvalue weighted by Crippen LogP contribution is -2.07. The van der Waals surface area contributed by atoms with Gasteiger partial charge in [0, 0.05) is 5.56 Å². The highest BCUT2D eigenvalue weighted by atomic mass is 19.4. The van der Waals surface area contributed by atoms with E-state index in [0.717, 1.165) is 17.2 Å². The van der Waals surface area contributed by atoms with Crippen LogP contribution in [0, 0.1) is 19.3 Å². The van der Waals surface area contributed by atoms with Gasteiger partial charge in [0.05, 0.1) is 5.56 Å². The highest BCUT2D eigenvalue weighted by Gasteiger charge is 2.33. The molecule has 2 aromatic carbocycles. The van der Waals surface area contributed by atoms with Gasteiger partial charge < -0.3 is 0 Å². The average molecular weight is 260 g/mol. The van der Waals surface area contributed by atoms with Crippen molar-refractivity contribution >= 4 is 0 Å². The fourth-order valence-corrected chi connectivity index (χ4v) is 1.91. The van der Waals surface area contributed by atoms with E-state index in [2.05, 4.69) is 5.92 Å². The maximum Gasteiger partial charge on any atom is 0.417 e. The first-order valence-corrected chi connectivity index (χ1v) is 5.67. The lowest BCUT2D eigenvalue weighted by molar-refractivity contribution is -0.137. The third-order valence-electron chi connectivity index (χ3n) is 2.83. The number of hydrogen-bond donors (Lipinski definition) is 0. The second kappa shape index (κ2) is 4.81. The minimum Gasteiger partial charge on any atom is -0.166 e. The molecule has 0 fully saturated rings. The summed E-state index contributed by atoms with van der Waals surface area (Å²) in [6.07, 6.45) is 0.667. The van der Waals surface area contributed by atoms with Crippen molar-refractivity contribution in [3.63, 3.8) is 0 Å². The lowest BCUT2D eigenvalue weighted by atomic mass is 9.98. The topological polar surface area (TPSA) is 0 Å². The van der Waals surface area contributed by atoms with Gasteiger partial charge in [0.2, 0.25) is 0 Å². The van der Waals surface area contributed by atoms with E-state index >= 15 is 0 Å². The first kappa shape index (κ1) is 13.2. The number of alkyl halides is 3. The van der Waals surface area contributed by atoms with Crippen molar-refractivity contribution in [2.75, 3.05) is 0 Å². The van der Waals surface area contributed by atoms with Crippen molar-refractivity contribution in [1.82, 2.24) is 0 Å². The van der Waals surface area contributed by atoms with Crippen molar-refractivity contribution < 1.29 is 13.2 Å². The monoisotopic (exact) mass is 260 g/mol. The van der Waals surface area contributed by atoms with E-state index in [9.17, 15) is 13.2 Å². The zero-order valence-electron chi connectivity index (χ0n) is 10.3. The van der Waals surface area contributed by atoms with Gasteiger partial charge in [-0.15, -0.1) is 6.42 Å². The summed E-state index contributed by atoms with van der Waals surface area (Å²) in [7, 11) is 0. The van der Waals surface area contributed by atoms with Crippen molar-refractivity contribution in [3.8, 4) is 23.5 Å². The molecule has 0 atom stereocenters. The van der Waals surface area contributed by atoms with Crippen molar-refractivity contribution in [2.45, 2.75) is 13.1 Å². The summed E-state index contributed by atoms with van der Waals surface area (Å²) < 4.78 is 38.7. The molecule has 0 aliphatic rings. The number of rotatable bonds is 1. The average Bonchev–Trinajstić information content (AvgIpc) is 2.37. The summed E-state index contributed by atoms with van der Waals surface area (Å²) in [5, 5.41) is 0. The van der Waals surface area contributed by atoms with Crippen LogP contribution < -0.4 is 0 Å². The van der Waals surface area contributed by atoms with E-state index in [4.69, 9.17) is 6.42 Å². The van der Waals surface area contributed by atoms with Gasteiger partial charge in [0.25, 0.3) is 0 Å². The van der Waals surface area contributed by atoms with Crippen LogP contribution in [0.5, 0.6) is 0 Å². The molecule has 0 amide bonds. The largest absolute Gasteiger partial charge is 0.417 e. The molecule has 0 unspecified atom stereocenters. The molecule has 0 N–H and O–H groups in total. The van der Waals surface area contributed by atoms with Crippen LogP contribution in [-0.4, -0.2) is 0 Å². The Hall–Kier alpha value is -2.21. The molecule has 0 heterocycles. The number of hydrogen-bond acceptors (Lipinski definition) is 0. The summed E-state index contributed by atoms with van der Waals surface area (Å²) >= 11 is 0. The summed E-state index contributed by atoms with van der Waals surface area (Å²) in [4.78, 5) is 0. The van der Waals surface area contributed by atoms with Crippen LogP contribution in [0.15, 0.2) is 42.5 Å². The molecular weight excluding hydrogens is 249 g/mol. The van der Waals surface area contributed by atoms with Crippen LogP contribution in [0.3, 0.4) is 0 Å². The fraction of sp³-hybridized carbons (Fsp3) is 0.125.